The van der Waals surface area contributed by atoms with Gasteiger partial charge in [0.2, 0.25) is 0 Å². The average Bonchev–Trinajstić information content (AvgIpc) is 3.46. The molecule has 0 saturated heterocycles. The van der Waals surface area contributed by atoms with Crippen LogP contribution in [0.2, 0.25) is 0 Å². The molecule has 5 nitrogen and oxygen atoms in total. The molecule has 0 unspecified atom stereocenters. The minimum Gasteiger partial charge on any atom is -0.497 e. The Bertz CT molecular complexity index is 1390. The van der Waals surface area contributed by atoms with Gasteiger partial charge in [0.25, 0.3) is 0 Å². The third-order valence-corrected chi connectivity index (χ3v) is 8.28. The Balaban J connectivity index is 1.47. The van der Waals surface area contributed by atoms with Crippen LogP contribution < -0.4 is 10.1 Å². The van der Waals surface area contributed by atoms with Gasteiger partial charge in [0.05, 0.1) is 25.4 Å². The van der Waals surface area contributed by atoms with E-state index in [0.29, 0.717) is 12.2 Å². The summed E-state index contributed by atoms with van der Waals surface area (Å²) in [6, 6.07) is 17.3. The lowest BCUT2D eigenvalue weighted by Crippen LogP contribution is -2.38. The van der Waals surface area contributed by atoms with Gasteiger partial charge in [0, 0.05) is 22.3 Å². The summed E-state index contributed by atoms with van der Waals surface area (Å²) >= 11 is 1.84. The summed E-state index contributed by atoms with van der Waals surface area (Å²) in [6.45, 7) is 0.464. The van der Waals surface area contributed by atoms with E-state index in [-0.39, 0.29) is 11.8 Å². The van der Waals surface area contributed by atoms with Gasteiger partial charge in [-0.15, -0.1) is 11.3 Å². The standard InChI is InChI=1S/C28H26FN3O2S/c1-34-21-13-11-20(12-14-21)30-28(33)32-17-23-22-8-2-3-10-25(22)35-27(23)31-15-5-9-24(31)26(32)18-6-4-7-19(29)16-18/h4-7,9,11-16,26H,2-3,8,10,17H2,1H3,(H,30,33)/t26-/m1/s1. The zero-order valence-electron chi connectivity index (χ0n) is 19.5. The second-order valence-corrected chi connectivity index (χ2v) is 10.1. The molecule has 0 bridgehead atoms. The highest BCUT2D eigenvalue weighted by Gasteiger charge is 2.36. The van der Waals surface area contributed by atoms with E-state index < -0.39 is 6.04 Å². The second kappa shape index (κ2) is 8.89. The average molecular weight is 488 g/mol. The molecule has 1 N–H and O–H groups in total. The smallest absolute Gasteiger partial charge is 0.322 e. The van der Waals surface area contributed by atoms with Gasteiger partial charge in [-0.2, -0.15) is 0 Å². The number of fused-ring (bicyclic) bond motifs is 5. The van der Waals surface area contributed by atoms with Crippen molar-refractivity contribution in [3.05, 3.63) is 99.9 Å². The van der Waals surface area contributed by atoms with Crippen LogP contribution in [0.15, 0.2) is 66.9 Å². The lowest BCUT2D eigenvalue weighted by molar-refractivity contribution is 0.194. The van der Waals surface area contributed by atoms with Crippen LogP contribution in [0.4, 0.5) is 14.9 Å². The van der Waals surface area contributed by atoms with Crippen molar-refractivity contribution in [1.82, 2.24) is 9.47 Å². The van der Waals surface area contributed by atoms with E-state index >= 15 is 0 Å². The van der Waals surface area contributed by atoms with Crippen LogP contribution in [0.3, 0.4) is 0 Å². The van der Waals surface area contributed by atoms with Gasteiger partial charge in [-0.3, -0.25) is 0 Å². The number of urea groups is 1. The summed E-state index contributed by atoms with van der Waals surface area (Å²) in [4.78, 5) is 17.1. The monoisotopic (exact) mass is 487 g/mol. The number of anilines is 1. The molecule has 2 aromatic heterocycles. The molecule has 1 aliphatic carbocycles. The summed E-state index contributed by atoms with van der Waals surface area (Å²) in [5, 5.41) is 4.24. The molecule has 1 atom stereocenters. The molecule has 3 heterocycles. The highest BCUT2D eigenvalue weighted by Crippen LogP contribution is 2.44. The number of ether oxygens (including phenoxy) is 1. The van der Waals surface area contributed by atoms with E-state index in [1.165, 1.54) is 46.0 Å². The van der Waals surface area contributed by atoms with Gasteiger partial charge in [-0.05, 0) is 85.3 Å². The summed E-state index contributed by atoms with van der Waals surface area (Å²) in [5.41, 5.74) is 4.99. The Morgan fingerprint density at radius 1 is 1.06 bits per heavy atom. The number of methoxy groups -OCH3 is 1. The van der Waals surface area contributed by atoms with Crippen LogP contribution in [0, 0.1) is 5.82 Å². The highest BCUT2D eigenvalue weighted by molar-refractivity contribution is 7.15. The van der Waals surface area contributed by atoms with Crippen LogP contribution in [-0.4, -0.2) is 22.6 Å². The Kier molecular flexibility index (Phi) is 5.57. The number of carbonyl (C=O) groups excluding carboxylic acids is 1. The molecule has 2 aromatic carbocycles. The lowest BCUT2D eigenvalue weighted by Gasteiger charge is -2.31. The van der Waals surface area contributed by atoms with Crippen molar-refractivity contribution in [2.75, 3.05) is 12.4 Å². The molecule has 0 spiro atoms. The van der Waals surface area contributed by atoms with Crippen LogP contribution >= 0.6 is 11.3 Å². The van der Waals surface area contributed by atoms with E-state index in [4.69, 9.17) is 4.74 Å². The van der Waals surface area contributed by atoms with Crippen molar-refractivity contribution >= 4 is 23.1 Å². The molecule has 7 heteroatoms. The maximum Gasteiger partial charge on any atom is 0.322 e. The highest BCUT2D eigenvalue weighted by atomic mass is 32.1. The molecule has 0 radical (unpaired) electrons. The first kappa shape index (κ1) is 21.9. The minimum absolute atomic E-state index is 0.221. The first-order valence-corrected chi connectivity index (χ1v) is 12.7. The van der Waals surface area contributed by atoms with Gasteiger partial charge in [0.1, 0.15) is 16.6 Å². The van der Waals surface area contributed by atoms with E-state index in [2.05, 4.69) is 16.1 Å². The predicted octanol–water partition coefficient (Wildman–Crippen LogP) is 6.70. The maximum atomic E-state index is 14.4. The van der Waals surface area contributed by atoms with Crippen molar-refractivity contribution in [3.8, 4) is 10.8 Å². The SMILES string of the molecule is COc1ccc(NC(=O)N2Cc3c(sc4c3CCCC4)-n3cccc3[C@H]2c2cccc(F)c2)cc1. The molecule has 178 valence electrons. The molecule has 1 aliphatic heterocycles. The Hall–Kier alpha value is -3.58. The molecule has 6 rings (SSSR count). The first-order chi connectivity index (χ1) is 17.1. The summed E-state index contributed by atoms with van der Waals surface area (Å²) < 4.78 is 21.8. The first-order valence-electron chi connectivity index (χ1n) is 11.9. The topological polar surface area (TPSA) is 46.5 Å². The van der Waals surface area contributed by atoms with E-state index in [0.717, 1.165) is 29.8 Å². The number of nitrogens with zero attached hydrogens (tertiary/aromatic N) is 2. The normalized spacial score (nSPS) is 16.6. The largest absolute Gasteiger partial charge is 0.497 e. The Labute approximate surface area is 207 Å². The number of hydrogen-bond acceptors (Lipinski definition) is 3. The number of amides is 2. The molecule has 0 fully saturated rings. The van der Waals surface area contributed by atoms with E-state index in [1.807, 2.05) is 58.7 Å². The summed E-state index contributed by atoms with van der Waals surface area (Å²) in [6.07, 6.45) is 6.57. The number of hydrogen-bond donors (Lipinski definition) is 1. The van der Waals surface area contributed by atoms with Crippen LogP contribution in [-0.2, 0) is 19.4 Å². The molecule has 35 heavy (non-hydrogen) atoms. The predicted molar refractivity (Wildman–Crippen MR) is 136 cm³/mol. The van der Waals surface area contributed by atoms with Crippen LogP contribution in [0.5, 0.6) is 5.75 Å². The van der Waals surface area contributed by atoms with Gasteiger partial charge in [-0.1, -0.05) is 12.1 Å². The van der Waals surface area contributed by atoms with Crippen molar-refractivity contribution in [3.63, 3.8) is 0 Å². The number of aryl methyl sites for hydroxylation is 1. The molecular weight excluding hydrogens is 461 g/mol. The van der Waals surface area contributed by atoms with Gasteiger partial charge >= 0.3 is 6.03 Å². The maximum absolute atomic E-state index is 14.4. The van der Waals surface area contributed by atoms with E-state index in [1.54, 1.807) is 13.2 Å². The number of thiophene rings is 1. The third-order valence-electron chi connectivity index (χ3n) is 6.95. The quantitative estimate of drug-likeness (QED) is 0.349. The van der Waals surface area contributed by atoms with Crippen molar-refractivity contribution < 1.29 is 13.9 Å². The zero-order chi connectivity index (χ0) is 23.9. The van der Waals surface area contributed by atoms with Crippen molar-refractivity contribution in [2.24, 2.45) is 0 Å². The van der Waals surface area contributed by atoms with Crippen LogP contribution in [0.1, 0.15) is 46.1 Å². The Morgan fingerprint density at radius 3 is 2.69 bits per heavy atom. The molecule has 4 aromatic rings. The molecular formula is C28H26FN3O2S. The fraction of sp³-hybridized carbons (Fsp3) is 0.250. The van der Waals surface area contributed by atoms with Crippen molar-refractivity contribution in [2.45, 2.75) is 38.3 Å². The number of aromatic nitrogens is 1. The summed E-state index contributed by atoms with van der Waals surface area (Å²) in [7, 11) is 1.61. The van der Waals surface area contributed by atoms with Gasteiger partial charge < -0.3 is 19.5 Å². The fourth-order valence-electron chi connectivity index (χ4n) is 5.28. The number of benzene rings is 2. The number of carbonyl (C=O) groups is 1. The lowest BCUT2D eigenvalue weighted by atomic mass is 9.95. The molecule has 0 saturated carbocycles. The van der Waals surface area contributed by atoms with E-state index in [9.17, 15) is 9.18 Å². The van der Waals surface area contributed by atoms with Crippen molar-refractivity contribution in [1.29, 1.82) is 0 Å². The molecule has 2 amide bonds. The summed E-state index contributed by atoms with van der Waals surface area (Å²) in [5.74, 6) is 0.412. The molecule has 2 aliphatic rings. The number of nitrogens with one attached hydrogen (secondary N) is 1. The minimum atomic E-state index is -0.433. The number of halogens is 1. The fourth-order valence-corrected chi connectivity index (χ4v) is 6.69. The van der Waals surface area contributed by atoms with Crippen LogP contribution in [0.25, 0.3) is 5.00 Å². The zero-order valence-corrected chi connectivity index (χ0v) is 20.3. The van der Waals surface area contributed by atoms with Gasteiger partial charge in [0.15, 0.2) is 0 Å². The Morgan fingerprint density at radius 2 is 1.89 bits per heavy atom. The number of rotatable bonds is 3. The third kappa shape index (κ3) is 3.90. The van der Waals surface area contributed by atoms with Gasteiger partial charge in [-0.25, -0.2) is 9.18 Å². The second-order valence-electron chi connectivity index (χ2n) is 9.04.